The van der Waals surface area contributed by atoms with Crippen molar-refractivity contribution in [1.29, 1.82) is 5.26 Å². The van der Waals surface area contributed by atoms with Crippen LogP contribution in [0.4, 0.5) is 0 Å². The van der Waals surface area contributed by atoms with Crippen LogP contribution < -0.4 is 5.56 Å². The largest absolute Gasteiger partial charge is 0.278 e. The lowest BCUT2D eigenvalue weighted by atomic mass is 10.3. The summed E-state index contributed by atoms with van der Waals surface area (Å²) in [7, 11) is 0. The fraction of sp³-hybridized carbons (Fsp3) is 0.0833. The Hall–Kier alpha value is -1.84. The van der Waals surface area contributed by atoms with Gasteiger partial charge in [-0.25, -0.2) is 9.38 Å². The van der Waals surface area contributed by atoms with Gasteiger partial charge in [-0.3, -0.25) is 4.79 Å². The van der Waals surface area contributed by atoms with Gasteiger partial charge < -0.3 is 0 Å². The molecule has 0 atom stereocenters. The van der Waals surface area contributed by atoms with Crippen LogP contribution in [0.2, 0.25) is 0 Å². The summed E-state index contributed by atoms with van der Waals surface area (Å²) in [5.41, 5.74) is 0.631. The molecule has 6 heteroatoms. The minimum atomic E-state index is -0.288. The predicted molar refractivity (Wildman–Crippen MR) is 73.3 cm³/mol. The predicted octanol–water partition coefficient (Wildman–Crippen LogP) is 2.50. The number of aromatic nitrogens is 2. The minimum Gasteiger partial charge on any atom is -0.267 e. The number of thiazole rings is 1. The number of fused-ring (bicyclic) bond motifs is 3. The van der Waals surface area contributed by atoms with Crippen molar-refractivity contribution in [3.8, 4) is 6.07 Å². The molecule has 1 aromatic carbocycles. The summed E-state index contributed by atoms with van der Waals surface area (Å²) in [5.74, 6) is 0. The number of hydrogen-bond donors (Lipinski definition) is 0. The molecule has 0 aliphatic carbocycles. The molecule has 4 nitrogen and oxygen atoms in total. The van der Waals surface area contributed by atoms with E-state index in [1.54, 1.807) is 0 Å². The van der Waals surface area contributed by atoms with Crippen LogP contribution in [0.3, 0.4) is 0 Å². The van der Waals surface area contributed by atoms with Crippen LogP contribution in [0.5, 0.6) is 0 Å². The van der Waals surface area contributed by atoms with Gasteiger partial charge in [-0.1, -0.05) is 23.5 Å². The Balaban J connectivity index is 2.60. The van der Waals surface area contributed by atoms with Crippen molar-refractivity contribution < 1.29 is 0 Å². The Morgan fingerprint density at radius 1 is 1.44 bits per heavy atom. The molecule has 0 aliphatic rings. The number of hydrogen-bond acceptors (Lipinski definition) is 5. The van der Waals surface area contributed by atoms with E-state index in [-0.39, 0.29) is 11.1 Å². The molecule has 0 aliphatic heterocycles. The SMILES string of the molecule is CSc1nc2sc3ccccc3n2c(=O)c1C#N. The molecule has 0 amide bonds. The molecule has 18 heavy (non-hydrogen) atoms. The lowest BCUT2D eigenvalue weighted by Crippen LogP contribution is -2.17. The molecule has 0 bridgehead atoms. The van der Waals surface area contributed by atoms with Crippen LogP contribution in [0.1, 0.15) is 5.56 Å². The number of nitrogens with zero attached hydrogens (tertiary/aromatic N) is 3. The second kappa shape index (κ2) is 4.12. The van der Waals surface area contributed by atoms with Crippen LogP contribution in [0.15, 0.2) is 34.1 Å². The van der Waals surface area contributed by atoms with Gasteiger partial charge in [0.05, 0.1) is 10.2 Å². The van der Waals surface area contributed by atoms with Crippen molar-refractivity contribution in [2.45, 2.75) is 5.03 Å². The second-order valence-corrected chi connectivity index (χ2v) is 5.40. The maximum atomic E-state index is 12.3. The van der Waals surface area contributed by atoms with Crippen molar-refractivity contribution in [3.05, 3.63) is 40.2 Å². The van der Waals surface area contributed by atoms with Gasteiger partial charge in [-0.15, -0.1) is 11.8 Å². The molecular weight excluding hydrogens is 266 g/mol. The molecule has 0 saturated heterocycles. The van der Waals surface area contributed by atoms with E-state index in [1.165, 1.54) is 27.5 Å². The highest BCUT2D eigenvalue weighted by molar-refractivity contribution is 7.98. The number of para-hydroxylation sites is 1. The van der Waals surface area contributed by atoms with E-state index in [0.717, 1.165) is 10.2 Å². The van der Waals surface area contributed by atoms with Crippen LogP contribution in [0, 0.1) is 11.3 Å². The molecule has 0 N–H and O–H groups in total. The first-order valence-corrected chi connectivity index (χ1v) is 7.18. The number of thioether (sulfide) groups is 1. The highest BCUT2D eigenvalue weighted by Crippen LogP contribution is 2.25. The second-order valence-electron chi connectivity index (χ2n) is 3.60. The zero-order valence-corrected chi connectivity index (χ0v) is 11.0. The summed E-state index contributed by atoms with van der Waals surface area (Å²) >= 11 is 2.77. The van der Waals surface area contributed by atoms with Crippen molar-refractivity contribution in [2.24, 2.45) is 0 Å². The van der Waals surface area contributed by atoms with Gasteiger partial charge in [0.1, 0.15) is 16.7 Å². The summed E-state index contributed by atoms with van der Waals surface area (Å²) in [6.45, 7) is 0. The first-order chi connectivity index (χ1) is 8.76. The molecule has 2 aromatic heterocycles. The van der Waals surface area contributed by atoms with E-state index in [1.807, 2.05) is 36.6 Å². The number of rotatable bonds is 1. The van der Waals surface area contributed by atoms with Crippen molar-refractivity contribution in [3.63, 3.8) is 0 Å². The Labute approximate surface area is 111 Å². The molecule has 3 aromatic rings. The normalized spacial score (nSPS) is 10.9. The van der Waals surface area contributed by atoms with Gasteiger partial charge in [0.2, 0.25) is 0 Å². The average Bonchev–Trinajstić information content (AvgIpc) is 2.76. The lowest BCUT2D eigenvalue weighted by Gasteiger charge is -2.00. The summed E-state index contributed by atoms with van der Waals surface area (Å²) in [4.78, 5) is 17.3. The molecular formula is C12H7N3OS2. The standard InChI is InChI=1S/C12H7N3OS2/c1-17-10-7(6-13)11(16)15-8-4-2-3-5-9(8)18-12(15)14-10/h2-5H,1H3. The van der Waals surface area contributed by atoms with Gasteiger partial charge in [0, 0.05) is 0 Å². The highest BCUT2D eigenvalue weighted by Gasteiger charge is 2.15. The van der Waals surface area contributed by atoms with Crippen LogP contribution in [0.25, 0.3) is 15.2 Å². The zero-order valence-electron chi connectivity index (χ0n) is 9.38. The third-order valence-corrected chi connectivity index (χ3v) is 4.34. The third kappa shape index (κ3) is 1.45. The molecule has 0 radical (unpaired) electrons. The lowest BCUT2D eigenvalue weighted by molar-refractivity contribution is 1.02. The van der Waals surface area contributed by atoms with Crippen molar-refractivity contribution >= 4 is 38.3 Å². The fourth-order valence-electron chi connectivity index (χ4n) is 1.83. The zero-order chi connectivity index (χ0) is 12.7. The molecule has 88 valence electrons. The van der Waals surface area contributed by atoms with Crippen LogP contribution in [-0.4, -0.2) is 15.6 Å². The van der Waals surface area contributed by atoms with Gasteiger partial charge in [0.25, 0.3) is 5.56 Å². The minimum absolute atomic E-state index is 0.114. The van der Waals surface area contributed by atoms with E-state index in [0.29, 0.717) is 9.99 Å². The number of benzene rings is 1. The summed E-state index contributed by atoms with van der Waals surface area (Å²) < 4.78 is 2.50. The molecule has 0 fully saturated rings. The fourth-order valence-corrected chi connectivity index (χ4v) is 3.42. The first kappa shape index (κ1) is 11.3. The first-order valence-electron chi connectivity index (χ1n) is 5.14. The van der Waals surface area contributed by atoms with Crippen molar-refractivity contribution in [2.75, 3.05) is 6.26 Å². The van der Waals surface area contributed by atoms with E-state index < -0.39 is 0 Å². The van der Waals surface area contributed by atoms with E-state index in [9.17, 15) is 4.79 Å². The highest BCUT2D eigenvalue weighted by atomic mass is 32.2. The summed E-state index contributed by atoms with van der Waals surface area (Å²) in [6, 6.07) is 9.55. The van der Waals surface area contributed by atoms with E-state index >= 15 is 0 Å². The topological polar surface area (TPSA) is 58.2 Å². The monoisotopic (exact) mass is 273 g/mol. The van der Waals surface area contributed by atoms with E-state index in [4.69, 9.17) is 5.26 Å². The van der Waals surface area contributed by atoms with Gasteiger partial charge in [0.15, 0.2) is 4.96 Å². The van der Waals surface area contributed by atoms with Gasteiger partial charge in [-0.05, 0) is 18.4 Å². The Kier molecular flexibility index (Phi) is 2.58. The van der Waals surface area contributed by atoms with Crippen LogP contribution in [-0.2, 0) is 0 Å². The summed E-state index contributed by atoms with van der Waals surface area (Å²) in [6.07, 6.45) is 1.81. The Bertz CT molecular complexity index is 857. The quantitative estimate of drug-likeness (QED) is 0.505. The van der Waals surface area contributed by atoms with Gasteiger partial charge >= 0.3 is 0 Å². The van der Waals surface area contributed by atoms with Gasteiger partial charge in [-0.2, -0.15) is 5.26 Å². The average molecular weight is 273 g/mol. The molecule has 0 saturated carbocycles. The molecule has 3 rings (SSSR count). The maximum absolute atomic E-state index is 12.3. The Morgan fingerprint density at radius 3 is 2.94 bits per heavy atom. The molecule has 0 spiro atoms. The molecule has 2 heterocycles. The van der Waals surface area contributed by atoms with Crippen LogP contribution >= 0.6 is 23.1 Å². The van der Waals surface area contributed by atoms with E-state index in [2.05, 4.69) is 4.98 Å². The third-order valence-electron chi connectivity index (χ3n) is 2.63. The smallest absolute Gasteiger partial charge is 0.267 e. The van der Waals surface area contributed by atoms with Crippen molar-refractivity contribution in [1.82, 2.24) is 9.38 Å². The summed E-state index contributed by atoms with van der Waals surface area (Å²) in [5, 5.41) is 9.58. The maximum Gasteiger partial charge on any atom is 0.278 e. The number of nitriles is 1. The molecule has 0 unspecified atom stereocenters. The Morgan fingerprint density at radius 2 is 2.22 bits per heavy atom.